The number of methoxy groups -OCH3 is 3. The largest absolute Gasteiger partial charge is 0.478 e. The van der Waals surface area contributed by atoms with E-state index in [0.717, 1.165) is 21.3 Å². The van der Waals surface area contributed by atoms with E-state index in [1.54, 1.807) is 0 Å². The first-order valence-electron chi connectivity index (χ1n) is 5.87. The van der Waals surface area contributed by atoms with Crippen LogP contribution in [0.3, 0.4) is 0 Å². The summed E-state index contributed by atoms with van der Waals surface area (Å²) >= 11 is 0. The number of aliphatic hydroxyl groups is 1. The molecule has 0 amide bonds. The molecular weight excluding hydrogens is 300 g/mol. The third-order valence-electron chi connectivity index (χ3n) is 2.26. The minimum atomic E-state index is -2.26. The average Bonchev–Trinajstić information content (AvgIpc) is 2.46. The fourth-order valence-electron chi connectivity index (χ4n) is 1.02. The summed E-state index contributed by atoms with van der Waals surface area (Å²) in [5, 5.41) is 17.7. The van der Waals surface area contributed by atoms with Crippen LogP contribution in [-0.4, -0.2) is 61.0 Å². The Balaban J connectivity index is 0. The lowest BCUT2D eigenvalue weighted by Gasteiger charge is -2.22. The van der Waals surface area contributed by atoms with Gasteiger partial charge >= 0.3 is 23.9 Å². The van der Waals surface area contributed by atoms with Crippen LogP contribution in [0.1, 0.15) is 19.8 Å². The van der Waals surface area contributed by atoms with E-state index in [1.165, 1.54) is 6.92 Å². The Kier molecular flexibility index (Phi) is 10.3. The second-order valence-corrected chi connectivity index (χ2v) is 4.11. The van der Waals surface area contributed by atoms with Crippen molar-refractivity contribution in [1.82, 2.24) is 0 Å². The average molecular weight is 320 g/mol. The Labute approximate surface area is 127 Å². The maximum Gasteiger partial charge on any atom is 0.339 e. The quantitative estimate of drug-likeness (QED) is 0.382. The first-order chi connectivity index (χ1) is 10.0. The molecule has 126 valence electrons. The Morgan fingerprint density at radius 1 is 0.955 bits per heavy atom. The number of carbonyl (C=O) groups excluding carboxylic acids is 3. The van der Waals surface area contributed by atoms with Crippen LogP contribution >= 0.6 is 0 Å². The van der Waals surface area contributed by atoms with Gasteiger partial charge < -0.3 is 24.4 Å². The van der Waals surface area contributed by atoms with Crippen LogP contribution < -0.4 is 0 Å². The number of esters is 3. The van der Waals surface area contributed by atoms with Crippen molar-refractivity contribution >= 4 is 23.9 Å². The Morgan fingerprint density at radius 3 is 1.45 bits per heavy atom. The van der Waals surface area contributed by atoms with E-state index in [0.29, 0.717) is 0 Å². The second kappa shape index (κ2) is 10.3. The van der Waals surface area contributed by atoms with E-state index >= 15 is 0 Å². The molecule has 0 fully saturated rings. The fraction of sp³-hybridized carbons (Fsp3) is 0.538. The highest BCUT2D eigenvalue weighted by Crippen LogP contribution is 2.18. The number of hydrogen-bond donors (Lipinski definition) is 2. The predicted molar refractivity (Wildman–Crippen MR) is 72.7 cm³/mol. The summed E-state index contributed by atoms with van der Waals surface area (Å²) in [6.45, 7) is 4.60. The summed E-state index contributed by atoms with van der Waals surface area (Å²) in [5.74, 6) is -3.70. The van der Waals surface area contributed by atoms with Crippen LogP contribution in [0.5, 0.6) is 0 Å². The summed E-state index contributed by atoms with van der Waals surface area (Å²) in [4.78, 5) is 42.8. The molecule has 0 rings (SSSR count). The van der Waals surface area contributed by atoms with Crippen molar-refractivity contribution in [1.29, 1.82) is 0 Å². The molecule has 0 aromatic rings. The van der Waals surface area contributed by atoms with Crippen molar-refractivity contribution in [3.8, 4) is 0 Å². The summed E-state index contributed by atoms with van der Waals surface area (Å²) in [7, 11) is 3.22. The van der Waals surface area contributed by atoms with Gasteiger partial charge in [-0.15, -0.1) is 0 Å². The molecule has 0 aromatic carbocycles. The molecule has 2 N–H and O–H groups in total. The van der Waals surface area contributed by atoms with Crippen molar-refractivity contribution in [3.05, 3.63) is 12.2 Å². The summed E-state index contributed by atoms with van der Waals surface area (Å²) in [5.41, 5.74) is -2.08. The lowest BCUT2D eigenvalue weighted by molar-refractivity contribution is -0.174. The smallest absolute Gasteiger partial charge is 0.339 e. The molecule has 0 heterocycles. The maximum absolute atomic E-state index is 11.2. The third kappa shape index (κ3) is 8.69. The standard InChI is InChI=1S/C9H14O7.C4H6O2/c1-14-6(10)4-9(13,8(12)16-3)5-7(11)15-2;1-3(2)4(5)6/h13H,4-5H2,1-3H3;1H2,2H3,(H,5,6). The van der Waals surface area contributed by atoms with E-state index in [4.69, 9.17) is 5.11 Å². The highest BCUT2D eigenvalue weighted by atomic mass is 16.6. The van der Waals surface area contributed by atoms with Crippen LogP contribution in [0.4, 0.5) is 0 Å². The predicted octanol–water partition coefficient (Wildman–Crippen LogP) is -0.336. The molecule has 0 aliphatic heterocycles. The minimum Gasteiger partial charge on any atom is -0.478 e. The SMILES string of the molecule is C=C(C)C(=O)O.COC(=O)CC(O)(CC(=O)OC)C(=O)OC. The van der Waals surface area contributed by atoms with Crippen LogP contribution in [-0.2, 0) is 33.4 Å². The topological polar surface area (TPSA) is 136 Å². The molecule has 0 spiro atoms. The van der Waals surface area contributed by atoms with Gasteiger partial charge in [0.15, 0.2) is 5.60 Å². The van der Waals surface area contributed by atoms with E-state index in [2.05, 4.69) is 20.8 Å². The summed E-state index contributed by atoms with van der Waals surface area (Å²) < 4.78 is 12.9. The number of aliphatic carboxylic acids is 1. The van der Waals surface area contributed by atoms with Gasteiger partial charge in [-0.3, -0.25) is 9.59 Å². The lowest BCUT2D eigenvalue weighted by Crippen LogP contribution is -2.44. The first-order valence-corrected chi connectivity index (χ1v) is 5.87. The zero-order valence-electron chi connectivity index (χ0n) is 12.9. The van der Waals surface area contributed by atoms with Crippen molar-refractivity contribution < 1.29 is 43.6 Å². The van der Waals surface area contributed by atoms with E-state index in [-0.39, 0.29) is 5.57 Å². The second-order valence-electron chi connectivity index (χ2n) is 4.11. The molecule has 0 bridgehead atoms. The van der Waals surface area contributed by atoms with Gasteiger partial charge in [-0.25, -0.2) is 9.59 Å². The van der Waals surface area contributed by atoms with Gasteiger partial charge in [0.1, 0.15) is 0 Å². The molecule has 0 aliphatic carbocycles. The molecule has 0 unspecified atom stereocenters. The van der Waals surface area contributed by atoms with Crippen molar-refractivity contribution in [2.24, 2.45) is 0 Å². The van der Waals surface area contributed by atoms with Gasteiger partial charge in [0.05, 0.1) is 34.2 Å². The number of carboxylic acid groups (broad SMARTS) is 1. The van der Waals surface area contributed by atoms with Gasteiger partial charge in [-0.1, -0.05) is 6.58 Å². The van der Waals surface area contributed by atoms with Crippen molar-refractivity contribution in [3.63, 3.8) is 0 Å². The van der Waals surface area contributed by atoms with Gasteiger partial charge in [0, 0.05) is 5.57 Å². The van der Waals surface area contributed by atoms with E-state index < -0.39 is 42.3 Å². The lowest BCUT2D eigenvalue weighted by atomic mass is 9.96. The first kappa shape index (κ1) is 21.9. The zero-order chi connectivity index (χ0) is 17.9. The van der Waals surface area contributed by atoms with E-state index in [9.17, 15) is 24.3 Å². The Hall–Kier alpha value is -2.42. The molecule has 22 heavy (non-hydrogen) atoms. The van der Waals surface area contributed by atoms with Gasteiger partial charge in [0.25, 0.3) is 0 Å². The molecule has 0 aliphatic rings. The van der Waals surface area contributed by atoms with Gasteiger partial charge in [-0.05, 0) is 6.92 Å². The van der Waals surface area contributed by atoms with Gasteiger partial charge in [-0.2, -0.15) is 0 Å². The van der Waals surface area contributed by atoms with Crippen LogP contribution in [0, 0.1) is 0 Å². The Bertz CT molecular complexity index is 409. The van der Waals surface area contributed by atoms with Gasteiger partial charge in [0.2, 0.25) is 0 Å². The van der Waals surface area contributed by atoms with Crippen LogP contribution in [0.15, 0.2) is 12.2 Å². The summed E-state index contributed by atoms with van der Waals surface area (Å²) in [6.07, 6.45) is -1.35. The van der Waals surface area contributed by atoms with Crippen molar-refractivity contribution in [2.75, 3.05) is 21.3 Å². The van der Waals surface area contributed by atoms with Crippen molar-refractivity contribution in [2.45, 2.75) is 25.4 Å². The fourth-order valence-corrected chi connectivity index (χ4v) is 1.02. The van der Waals surface area contributed by atoms with E-state index in [1.807, 2.05) is 0 Å². The minimum absolute atomic E-state index is 0.176. The molecule has 0 atom stereocenters. The molecule has 0 aromatic heterocycles. The molecule has 0 saturated heterocycles. The zero-order valence-corrected chi connectivity index (χ0v) is 12.9. The Morgan fingerprint density at radius 2 is 1.27 bits per heavy atom. The highest BCUT2D eigenvalue weighted by Gasteiger charge is 2.42. The number of carboxylic acids is 1. The van der Waals surface area contributed by atoms with Crippen LogP contribution in [0.2, 0.25) is 0 Å². The summed E-state index contributed by atoms with van der Waals surface area (Å²) in [6, 6.07) is 0. The number of hydrogen-bond acceptors (Lipinski definition) is 8. The highest BCUT2D eigenvalue weighted by molar-refractivity contribution is 5.89. The van der Waals surface area contributed by atoms with Crippen LogP contribution in [0.25, 0.3) is 0 Å². The number of carbonyl (C=O) groups is 4. The molecule has 0 saturated carbocycles. The molecular formula is C13H20O9. The molecule has 9 heteroatoms. The molecule has 0 radical (unpaired) electrons. The normalized spacial score (nSPS) is 9.68. The molecule has 9 nitrogen and oxygen atoms in total. The third-order valence-corrected chi connectivity index (χ3v) is 2.26. The number of ether oxygens (including phenoxy) is 3. The monoisotopic (exact) mass is 320 g/mol. The number of rotatable bonds is 6. The maximum atomic E-state index is 11.2.